The molecule has 0 aromatic heterocycles. The molecule has 122 valence electrons. The second kappa shape index (κ2) is 9.68. The van der Waals surface area contributed by atoms with Crippen molar-refractivity contribution in [1.29, 1.82) is 0 Å². The molecule has 0 radical (unpaired) electrons. The molecular weight excluding hydrogens is 300 g/mol. The van der Waals surface area contributed by atoms with Crippen molar-refractivity contribution in [3.05, 3.63) is 71.8 Å². The van der Waals surface area contributed by atoms with Gasteiger partial charge in [0, 0.05) is 25.3 Å². The topological polar surface area (TPSA) is 101 Å². The zero-order valence-corrected chi connectivity index (χ0v) is 13.3. The highest BCUT2D eigenvalue weighted by Crippen LogP contribution is 1.98. The van der Waals surface area contributed by atoms with Crippen LogP contribution < -0.4 is 11.5 Å². The van der Waals surface area contributed by atoms with E-state index in [-0.39, 0.29) is 11.7 Å². The summed E-state index contributed by atoms with van der Waals surface area (Å²) in [6.45, 7) is 0. The predicted molar refractivity (Wildman–Crippen MR) is 101 cm³/mol. The van der Waals surface area contributed by atoms with E-state index >= 15 is 0 Å². The number of nitrogens with two attached hydrogens (primary N) is 2. The number of amidine groups is 2. The summed E-state index contributed by atoms with van der Waals surface area (Å²) in [4.78, 5) is 0. The summed E-state index contributed by atoms with van der Waals surface area (Å²) in [7, 11) is 0. The summed E-state index contributed by atoms with van der Waals surface area (Å²) in [5.41, 5.74) is 13.7. The Hall–Kier alpha value is -3.28. The Balaban J connectivity index is 1.82. The van der Waals surface area contributed by atoms with Crippen LogP contribution in [0.25, 0.3) is 0 Å². The molecule has 0 spiro atoms. The molecule has 0 aliphatic heterocycles. The SMILES string of the molecule is NC(=N/N=C/Cc1ccccc1)C(N)=N/N=C/Cc1ccccc1. The molecule has 0 bridgehead atoms. The summed E-state index contributed by atoms with van der Waals surface area (Å²) in [5, 5.41) is 15.4. The van der Waals surface area contributed by atoms with E-state index in [9.17, 15) is 0 Å². The van der Waals surface area contributed by atoms with Crippen LogP contribution in [-0.4, -0.2) is 24.1 Å². The molecule has 24 heavy (non-hydrogen) atoms. The molecule has 2 rings (SSSR count). The third-order valence-corrected chi connectivity index (χ3v) is 3.10. The van der Waals surface area contributed by atoms with Crippen molar-refractivity contribution in [2.45, 2.75) is 12.8 Å². The number of nitrogens with zero attached hydrogens (tertiary/aromatic N) is 4. The van der Waals surface area contributed by atoms with Gasteiger partial charge in [-0.1, -0.05) is 60.7 Å². The molecule has 0 saturated carbocycles. The molecule has 0 fully saturated rings. The lowest BCUT2D eigenvalue weighted by Crippen LogP contribution is -2.30. The Morgan fingerprint density at radius 2 is 1.04 bits per heavy atom. The molecule has 0 aliphatic carbocycles. The molecule has 0 aliphatic rings. The van der Waals surface area contributed by atoms with Crippen molar-refractivity contribution in [2.24, 2.45) is 31.9 Å². The normalized spacial score (nSPS) is 13.0. The van der Waals surface area contributed by atoms with Gasteiger partial charge in [-0.2, -0.15) is 10.2 Å². The van der Waals surface area contributed by atoms with Crippen LogP contribution in [-0.2, 0) is 12.8 Å². The molecule has 6 heteroatoms. The molecule has 0 unspecified atom stereocenters. The monoisotopic (exact) mass is 320 g/mol. The Morgan fingerprint density at radius 1 is 0.667 bits per heavy atom. The average Bonchev–Trinajstić information content (AvgIpc) is 2.63. The molecule has 2 aromatic rings. The van der Waals surface area contributed by atoms with Gasteiger partial charge >= 0.3 is 0 Å². The third-order valence-electron chi connectivity index (χ3n) is 3.10. The predicted octanol–water partition coefficient (Wildman–Crippen LogP) is 2.16. The van der Waals surface area contributed by atoms with Crippen LogP contribution in [0.3, 0.4) is 0 Å². The van der Waals surface area contributed by atoms with E-state index in [1.54, 1.807) is 12.4 Å². The van der Waals surface area contributed by atoms with Crippen LogP contribution in [0, 0.1) is 0 Å². The summed E-state index contributed by atoms with van der Waals surface area (Å²) in [5.74, 6) is 0.0762. The van der Waals surface area contributed by atoms with E-state index in [4.69, 9.17) is 11.5 Å². The molecule has 0 saturated heterocycles. The first kappa shape index (κ1) is 17.1. The second-order valence-corrected chi connectivity index (χ2v) is 4.95. The highest BCUT2D eigenvalue weighted by atomic mass is 15.3. The maximum atomic E-state index is 5.70. The molecule has 2 aromatic carbocycles. The van der Waals surface area contributed by atoms with Gasteiger partial charge in [-0.05, 0) is 11.1 Å². The van der Waals surface area contributed by atoms with Crippen molar-refractivity contribution >= 4 is 24.1 Å². The van der Waals surface area contributed by atoms with Crippen LogP contribution >= 0.6 is 0 Å². The standard InChI is InChI=1S/C18H20N6/c19-17(23-21-13-11-15-7-3-1-4-8-15)18(20)24-22-14-12-16-9-5-2-6-10-16/h1-10,13-14H,11-12H2,(H2,19,23)(H2,20,24)/b21-13+,22-14+. The fourth-order valence-electron chi connectivity index (χ4n) is 1.83. The third kappa shape index (κ3) is 6.23. The zero-order valence-electron chi connectivity index (χ0n) is 13.3. The maximum Gasteiger partial charge on any atom is 0.190 e. The quantitative estimate of drug-likeness (QED) is 0.484. The fourth-order valence-corrected chi connectivity index (χ4v) is 1.83. The highest BCUT2D eigenvalue weighted by molar-refractivity contribution is 6.39. The van der Waals surface area contributed by atoms with E-state index in [1.165, 1.54) is 0 Å². The Kier molecular flexibility index (Phi) is 6.89. The van der Waals surface area contributed by atoms with Gasteiger partial charge in [-0.3, -0.25) is 0 Å². The minimum atomic E-state index is 0.0381. The van der Waals surface area contributed by atoms with Crippen molar-refractivity contribution in [3.8, 4) is 0 Å². The molecule has 0 amide bonds. The number of hydrogen-bond acceptors (Lipinski definition) is 4. The minimum absolute atomic E-state index is 0.0381. The summed E-state index contributed by atoms with van der Waals surface area (Å²) in [6, 6.07) is 19.9. The first-order chi connectivity index (χ1) is 11.8. The van der Waals surface area contributed by atoms with Crippen molar-refractivity contribution in [1.82, 2.24) is 0 Å². The van der Waals surface area contributed by atoms with E-state index in [2.05, 4.69) is 20.4 Å². The number of rotatable bonds is 6. The molecule has 4 N–H and O–H groups in total. The van der Waals surface area contributed by atoms with E-state index in [1.807, 2.05) is 60.7 Å². The molecule has 0 atom stereocenters. The van der Waals surface area contributed by atoms with Gasteiger partial charge in [0.15, 0.2) is 11.7 Å². The molecule has 0 heterocycles. The van der Waals surface area contributed by atoms with Crippen LogP contribution in [0.5, 0.6) is 0 Å². The van der Waals surface area contributed by atoms with Crippen LogP contribution in [0.2, 0.25) is 0 Å². The van der Waals surface area contributed by atoms with Gasteiger partial charge in [0.05, 0.1) is 0 Å². The largest absolute Gasteiger partial charge is 0.379 e. The van der Waals surface area contributed by atoms with Crippen molar-refractivity contribution < 1.29 is 0 Å². The van der Waals surface area contributed by atoms with E-state index in [0.717, 1.165) is 11.1 Å². The lowest BCUT2D eigenvalue weighted by Gasteiger charge is -1.95. The Labute approximate surface area is 141 Å². The zero-order chi connectivity index (χ0) is 17.0. The van der Waals surface area contributed by atoms with Crippen LogP contribution in [0.1, 0.15) is 11.1 Å². The fraction of sp³-hybridized carbons (Fsp3) is 0.111. The average molecular weight is 320 g/mol. The lowest BCUT2D eigenvalue weighted by atomic mass is 10.2. The first-order valence-corrected chi connectivity index (χ1v) is 7.54. The van der Waals surface area contributed by atoms with Gasteiger partial charge in [0.2, 0.25) is 0 Å². The smallest absolute Gasteiger partial charge is 0.190 e. The number of benzene rings is 2. The summed E-state index contributed by atoms with van der Waals surface area (Å²) < 4.78 is 0. The Morgan fingerprint density at radius 3 is 1.42 bits per heavy atom. The van der Waals surface area contributed by atoms with E-state index in [0.29, 0.717) is 12.8 Å². The van der Waals surface area contributed by atoms with Crippen LogP contribution in [0.15, 0.2) is 81.1 Å². The van der Waals surface area contributed by atoms with Crippen molar-refractivity contribution in [2.75, 3.05) is 0 Å². The van der Waals surface area contributed by atoms with Gasteiger partial charge < -0.3 is 11.5 Å². The Bertz CT molecular complexity index is 667. The first-order valence-electron chi connectivity index (χ1n) is 7.54. The second-order valence-electron chi connectivity index (χ2n) is 4.95. The highest BCUT2D eigenvalue weighted by Gasteiger charge is 1.97. The summed E-state index contributed by atoms with van der Waals surface area (Å²) >= 11 is 0. The van der Waals surface area contributed by atoms with Crippen molar-refractivity contribution in [3.63, 3.8) is 0 Å². The van der Waals surface area contributed by atoms with E-state index < -0.39 is 0 Å². The number of hydrogen-bond donors (Lipinski definition) is 2. The summed E-state index contributed by atoms with van der Waals surface area (Å²) in [6.07, 6.45) is 4.66. The lowest BCUT2D eigenvalue weighted by molar-refractivity contribution is 1.19. The maximum absolute atomic E-state index is 5.70. The van der Waals surface area contributed by atoms with Gasteiger partial charge in [-0.25, -0.2) is 0 Å². The van der Waals surface area contributed by atoms with Gasteiger partial charge in [-0.15, -0.1) is 10.2 Å². The van der Waals surface area contributed by atoms with Gasteiger partial charge in [0.1, 0.15) is 0 Å². The molecule has 6 nitrogen and oxygen atoms in total. The van der Waals surface area contributed by atoms with Crippen LogP contribution in [0.4, 0.5) is 0 Å². The molecular formula is C18H20N6. The minimum Gasteiger partial charge on any atom is -0.379 e. The van der Waals surface area contributed by atoms with Gasteiger partial charge in [0.25, 0.3) is 0 Å².